The molecule has 0 heterocycles. The monoisotopic (exact) mass is 871 g/mol. The van der Waals surface area contributed by atoms with Gasteiger partial charge in [-0.3, -0.25) is 14.4 Å². The highest BCUT2D eigenvalue weighted by Crippen LogP contribution is 2.16. The highest BCUT2D eigenvalue weighted by molar-refractivity contribution is 5.71. The molecular weight excluding hydrogens is 769 g/mol. The van der Waals surface area contributed by atoms with Gasteiger partial charge in [0.2, 0.25) is 0 Å². The predicted molar refractivity (Wildman–Crippen MR) is 266 cm³/mol. The van der Waals surface area contributed by atoms with Crippen LogP contribution in [0.25, 0.3) is 0 Å². The second-order valence-electron chi connectivity index (χ2n) is 18.2. The van der Waals surface area contributed by atoms with E-state index in [4.69, 9.17) is 14.2 Å². The topological polar surface area (TPSA) is 78.9 Å². The van der Waals surface area contributed by atoms with E-state index in [1.165, 1.54) is 173 Å². The SMILES string of the molecule is CCCCC/C=C\C/C=C\C/C=C\CCCCC(=O)OC[C@H](COC(=O)CCCCCCCCCCCCCCCCCCC)OC(=O)CCCCCCCCCCCCCC. The van der Waals surface area contributed by atoms with Crippen molar-refractivity contribution >= 4 is 17.9 Å². The number of hydrogen-bond donors (Lipinski definition) is 0. The summed E-state index contributed by atoms with van der Waals surface area (Å²) in [6.45, 7) is 6.60. The van der Waals surface area contributed by atoms with Crippen molar-refractivity contribution in [3.05, 3.63) is 36.5 Å². The number of carbonyl (C=O) groups excluding carboxylic acids is 3. The summed E-state index contributed by atoms with van der Waals surface area (Å²) in [6, 6.07) is 0. The van der Waals surface area contributed by atoms with E-state index in [1.807, 2.05) is 0 Å². The third kappa shape index (κ3) is 48.7. The molecule has 0 saturated heterocycles. The van der Waals surface area contributed by atoms with E-state index in [0.29, 0.717) is 19.3 Å². The van der Waals surface area contributed by atoms with Gasteiger partial charge in [-0.25, -0.2) is 0 Å². The summed E-state index contributed by atoms with van der Waals surface area (Å²) < 4.78 is 16.8. The molecule has 0 unspecified atom stereocenters. The van der Waals surface area contributed by atoms with E-state index < -0.39 is 6.10 Å². The van der Waals surface area contributed by atoms with Gasteiger partial charge in [0.15, 0.2) is 6.10 Å². The van der Waals surface area contributed by atoms with Crippen LogP contribution in [0.5, 0.6) is 0 Å². The lowest BCUT2D eigenvalue weighted by molar-refractivity contribution is -0.167. The summed E-state index contributed by atoms with van der Waals surface area (Å²) in [6.07, 6.45) is 59.9. The zero-order valence-electron chi connectivity index (χ0n) is 41.4. The lowest BCUT2D eigenvalue weighted by Crippen LogP contribution is -2.30. The van der Waals surface area contributed by atoms with Crippen LogP contribution in [0.3, 0.4) is 0 Å². The fourth-order valence-electron chi connectivity index (χ4n) is 7.80. The summed E-state index contributed by atoms with van der Waals surface area (Å²) in [7, 11) is 0. The summed E-state index contributed by atoms with van der Waals surface area (Å²) in [5.74, 6) is -0.906. The van der Waals surface area contributed by atoms with Crippen molar-refractivity contribution in [2.75, 3.05) is 13.2 Å². The van der Waals surface area contributed by atoms with Crippen molar-refractivity contribution in [2.45, 2.75) is 290 Å². The minimum Gasteiger partial charge on any atom is -0.462 e. The van der Waals surface area contributed by atoms with E-state index >= 15 is 0 Å². The summed E-state index contributed by atoms with van der Waals surface area (Å²) in [5.41, 5.74) is 0. The summed E-state index contributed by atoms with van der Waals surface area (Å²) in [5, 5.41) is 0. The molecule has 0 aromatic rings. The van der Waals surface area contributed by atoms with Crippen molar-refractivity contribution in [1.82, 2.24) is 0 Å². The van der Waals surface area contributed by atoms with Gasteiger partial charge in [-0.05, 0) is 57.8 Å². The summed E-state index contributed by atoms with van der Waals surface area (Å²) in [4.78, 5) is 38.0. The molecule has 6 nitrogen and oxygen atoms in total. The van der Waals surface area contributed by atoms with Crippen molar-refractivity contribution in [1.29, 1.82) is 0 Å². The van der Waals surface area contributed by atoms with Gasteiger partial charge in [0, 0.05) is 19.3 Å². The Bertz CT molecular complexity index is 1050. The Morgan fingerprint density at radius 1 is 0.323 bits per heavy atom. The number of carbonyl (C=O) groups is 3. The molecule has 62 heavy (non-hydrogen) atoms. The van der Waals surface area contributed by atoms with Crippen LogP contribution in [0.15, 0.2) is 36.5 Å². The fourth-order valence-corrected chi connectivity index (χ4v) is 7.80. The van der Waals surface area contributed by atoms with Crippen LogP contribution in [0, 0.1) is 0 Å². The normalized spacial score (nSPS) is 12.2. The Morgan fingerprint density at radius 2 is 0.581 bits per heavy atom. The molecule has 0 amide bonds. The molecule has 0 fully saturated rings. The van der Waals surface area contributed by atoms with E-state index in [0.717, 1.165) is 70.6 Å². The Balaban J connectivity index is 4.36. The van der Waals surface area contributed by atoms with Crippen molar-refractivity contribution in [3.8, 4) is 0 Å². The van der Waals surface area contributed by atoms with Gasteiger partial charge < -0.3 is 14.2 Å². The largest absolute Gasteiger partial charge is 0.462 e. The number of hydrogen-bond acceptors (Lipinski definition) is 6. The molecule has 0 spiro atoms. The maximum absolute atomic E-state index is 12.8. The highest BCUT2D eigenvalue weighted by Gasteiger charge is 2.19. The van der Waals surface area contributed by atoms with Crippen LogP contribution in [0.4, 0.5) is 0 Å². The fraction of sp³-hybridized carbons (Fsp3) is 0.839. The maximum Gasteiger partial charge on any atom is 0.306 e. The van der Waals surface area contributed by atoms with Crippen molar-refractivity contribution < 1.29 is 28.6 Å². The van der Waals surface area contributed by atoms with Crippen LogP contribution < -0.4 is 0 Å². The molecule has 0 saturated carbocycles. The predicted octanol–water partition coefficient (Wildman–Crippen LogP) is 17.7. The van der Waals surface area contributed by atoms with E-state index in [-0.39, 0.29) is 31.1 Å². The van der Waals surface area contributed by atoms with Gasteiger partial charge in [0.05, 0.1) is 0 Å². The molecule has 362 valence electrons. The summed E-state index contributed by atoms with van der Waals surface area (Å²) >= 11 is 0. The third-order valence-electron chi connectivity index (χ3n) is 11.9. The molecule has 6 heteroatoms. The quantitative estimate of drug-likeness (QED) is 0.0262. The zero-order valence-corrected chi connectivity index (χ0v) is 41.4. The third-order valence-corrected chi connectivity index (χ3v) is 11.9. The van der Waals surface area contributed by atoms with Gasteiger partial charge in [-0.2, -0.15) is 0 Å². The minimum atomic E-state index is -0.782. The zero-order chi connectivity index (χ0) is 45.1. The molecular formula is C56H102O6. The van der Waals surface area contributed by atoms with Crippen LogP contribution in [0.1, 0.15) is 284 Å². The number of ether oxygens (including phenoxy) is 3. The Kier molecular flexibility index (Phi) is 49.3. The molecule has 0 aliphatic carbocycles. The average molecular weight is 871 g/mol. The van der Waals surface area contributed by atoms with Gasteiger partial charge in [0.25, 0.3) is 0 Å². The van der Waals surface area contributed by atoms with Gasteiger partial charge in [0.1, 0.15) is 13.2 Å². The standard InChI is InChI=1S/C56H102O6/c1-4-7-10-13-16-19-22-25-27-28-30-32-35-37-40-43-46-49-55(58)61-52-53(62-56(59)50-47-44-41-38-33-24-21-18-15-12-9-6-3)51-60-54(57)48-45-42-39-36-34-31-29-26-23-20-17-14-11-8-5-2/h17,20,26,29,34,36,53H,4-16,18-19,21-25,27-28,30-33,35,37-52H2,1-3H3/b20-17-,29-26-,36-34-/t53-/m1/s1. The first-order valence-corrected chi connectivity index (χ1v) is 27.0. The van der Waals surface area contributed by atoms with Crippen LogP contribution in [-0.4, -0.2) is 37.2 Å². The Morgan fingerprint density at radius 3 is 0.935 bits per heavy atom. The van der Waals surface area contributed by atoms with Crippen molar-refractivity contribution in [2.24, 2.45) is 0 Å². The first-order chi connectivity index (χ1) is 30.5. The molecule has 0 N–H and O–H groups in total. The first-order valence-electron chi connectivity index (χ1n) is 27.0. The molecule has 0 aromatic carbocycles. The number of unbranched alkanes of at least 4 members (excludes halogenated alkanes) is 32. The minimum absolute atomic E-state index is 0.0796. The Hall–Kier alpha value is -2.37. The van der Waals surface area contributed by atoms with E-state index in [2.05, 4.69) is 57.2 Å². The van der Waals surface area contributed by atoms with Gasteiger partial charge in [-0.15, -0.1) is 0 Å². The van der Waals surface area contributed by atoms with E-state index in [1.54, 1.807) is 0 Å². The van der Waals surface area contributed by atoms with Gasteiger partial charge in [-0.1, -0.05) is 243 Å². The smallest absolute Gasteiger partial charge is 0.306 e. The lowest BCUT2D eigenvalue weighted by atomic mass is 10.0. The molecule has 0 rings (SSSR count). The van der Waals surface area contributed by atoms with E-state index in [9.17, 15) is 14.4 Å². The molecule has 0 aliphatic rings. The number of allylic oxidation sites excluding steroid dienone is 6. The lowest BCUT2D eigenvalue weighted by Gasteiger charge is -2.18. The Labute approximate surface area is 385 Å². The average Bonchev–Trinajstić information content (AvgIpc) is 3.27. The highest BCUT2D eigenvalue weighted by atomic mass is 16.6. The van der Waals surface area contributed by atoms with Crippen LogP contribution >= 0.6 is 0 Å². The number of esters is 3. The molecule has 0 bridgehead atoms. The molecule has 1 atom stereocenters. The van der Waals surface area contributed by atoms with Crippen LogP contribution in [-0.2, 0) is 28.6 Å². The second kappa shape index (κ2) is 51.3. The van der Waals surface area contributed by atoms with Gasteiger partial charge >= 0.3 is 17.9 Å². The number of rotatable bonds is 49. The maximum atomic E-state index is 12.8. The first kappa shape index (κ1) is 59.6. The molecule has 0 aliphatic heterocycles. The molecule has 0 aromatic heterocycles. The molecule has 0 radical (unpaired) electrons. The second-order valence-corrected chi connectivity index (χ2v) is 18.2. The van der Waals surface area contributed by atoms with Crippen molar-refractivity contribution in [3.63, 3.8) is 0 Å². The van der Waals surface area contributed by atoms with Crippen LogP contribution in [0.2, 0.25) is 0 Å².